The minimum absolute atomic E-state index is 0.0409. The summed E-state index contributed by atoms with van der Waals surface area (Å²) in [6.45, 7) is 2.76. The van der Waals surface area contributed by atoms with Crippen molar-refractivity contribution in [3.63, 3.8) is 0 Å². The number of alkyl halides is 3. The molecule has 0 fully saturated rings. The summed E-state index contributed by atoms with van der Waals surface area (Å²) in [7, 11) is -3.61. The van der Waals surface area contributed by atoms with E-state index in [9.17, 15) is 26.4 Å². The average molecular weight is 512 g/mol. The normalized spacial score (nSPS) is 13.8. The number of carbonyl (C=O) groups is 1. The van der Waals surface area contributed by atoms with Crippen molar-refractivity contribution in [2.45, 2.75) is 43.4 Å². The van der Waals surface area contributed by atoms with Gasteiger partial charge in [-0.15, -0.1) is 0 Å². The Morgan fingerprint density at radius 3 is 2.06 bits per heavy atom. The van der Waals surface area contributed by atoms with Crippen LogP contribution in [-0.2, 0) is 14.6 Å². The Hall–Kier alpha value is -2.94. The molecule has 0 aliphatic rings. The lowest BCUT2D eigenvalue weighted by atomic mass is 9.97. The molecule has 0 aliphatic heterocycles. The molecule has 0 aromatic heterocycles. The standard InChI is InChI=1S/C24H28F3N3O4S/c1-16(2)15-21(23(32)29-12-11-28)30-22(24(25,26)27)19-5-3-17(4-6-19)18-7-9-20(10-8-18)35(33,34)14-13-31/h3-10,16,21-22,30-31H,12-15H2,1-2H3,(H,29,32)/t21-,22-/m0/s1. The number of hydrogen-bond donors (Lipinski definition) is 3. The number of benzene rings is 2. The van der Waals surface area contributed by atoms with Gasteiger partial charge in [0, 0.05) is 0 Å². The highest BCUT2D eigenvalue weighted by Crippen LogP contribution is 2.34. The second kappa shape index (κ2) is 12.2. The number of rotatable bonds is 11. The van der Waals surface area contributed by atoms with E-state index < -0.39 is 46.4 Å². The van der Waals surface area contributed by atoms with Crippen LogP contribution in [0.3, 0.4) is 0 Å². The minimum atomic E-state index is -4.69. The van der Waals surface area contributed by atoms with Crippen molar-refractivity contribution >= 4 is 15.7 Å². The van der Waals surface area contributed by atoms with E-state index in [2.05, 4.69) is 10.6 Å². The summed E-state index contributed by atoms with van der Waals surface area (Å²) in [5.74, 6) is -1.15. The molecule has 35 heavy (non-hydrogen) atoms. The van der Waals surface area contributed by atoms with Gasteiger partial charge in [0.15, 0.2) is 9.84 Å². The third kappa shape index (κ3) is 8.06. The molecule has 0 aliphatic carbocycles. The van der Waals surface area contributed by atoms with E-state index in [1.165, 1.54) is 48.5 Å². The predicted molar refractivity (Wildman–Crippen MR) is 125 cm³/mol. The number of nitrogens with one attached hydrogen (secondary N) is 2. The highest BCUT2D eigenvalue weighted by Gasteiger charge is 2.42. The van der Waals surface area contributed by atoms with Crippen molar-refractivity contribution < 1.29 is 31.5 Å². The van der Waals surface area contributed by atoms with Crippen LogP contribution in [0.5, 0.6) is 0 Å². The van der Waals surface area contributed by atoms with E-state index in [1.807, 2.05) is 0 Å². The van der Waals surface area contributed by atoms with Gasteiger partial charge >= 0.3 is 6.18 Å². The molecular formula is C24H28F3N3O4S. The number of aliphatic hydroxyl groups excluding tert-OH is 1. The van der Waals surface area contributed by atoms with Gasteiger partial charge < -0.3 is 10.4 Å². The van der Waals surface area contributed by atoms with Crippen molar-refractivity contribution in [2.75, 3.05) is 18.9 Å². The smallest absolute Gasteiger partial charge is 0.395 e. The van der Waals surface area contributed by atoms with Gasteiger partial charge in [-0.25, -0.2) is 8.42 Å². The Morgan fingerprint density at radius 1 is 1.06 bits per heavy atom. The molecule has 190 valence electrons. The zero-order valence-corrected chi connectivity index (χ0v) is 20.2. The molecule has 2 rings (SSSR count). The van der Waals surface area contributed by atoms with Gasteiger partial charge in [0.2, 0.25) is 5.91 Å². The first-order valence-electron chi connectivity index (χ1n) is 10.9. The van der Waals surface area contributed by atoms with Crippen LogP contribution in [0, 0.1) is 17.2 Å². The number of hydrogen-bond acceptors (Lipinski definition) is 6. The molecule has 7 nitrogen and oxygen atoms in total. The molecule has 0 heterocycles. The summed E-state index contributed by atoms with van der Waals surface area (Å²) in [6, 6.07) is 9.89. The van der Waals surface area contributed by atoms with Crippen molar-refractivity contribution in [3.8, 4) is 17.2 Å². The number of sulfone groups is 1. The van der Waals surface area contributed by atoms with E-state index in [0.29, 0.717) is 11.1 Å². The Bertz CT molecular complexity index is 1130. The third-order valence-electron chi connectivity index (χ3n) is 5.21. The largest absolute Gasteiger partial charge is 0.407 e. The van der Waals surface area contributed by atoms with Crippen LogP contribution >= 0.6 is 0 Å². The number of halogens is 3. The summed E-state index contributed by atoms with van der Waals surface area (Å²) in [5, 5.41) is 22.3. The van der Waals surface area contributed by atoms with Crippen molar-refractivity contribution in [3.05, 3.63) is 54.1 Å². The second-order valence-electron chi connectivity index (χ2n) is 8.39. The molecule has 1 amide bonds. The Morgan fingerprint density at radius 2 is 1.60 bits per heavy atom. The molecule has 2 atom stereocenters. The Kier molecular flexibility index (Phi) is 9.82. The molecule has 0 spiro atoms. The summed E-state index contributed by atoms with van der Waals surface area (Å²) in [5.41, 5.74) is 1.08. The zero-order valence-electron chi connectivity index (χ0n) is 19.3. The van der Waals surface area contributed by atoms with E-state index in [-0.39, 0.29) is 29.3 Å². The molecule has 3 N–H and O–H groups in total. The number of carbonyl (C=O) groups excluding carboxylic acids is 1. The van der Waals surface area contributed by atoms with Gasteiger partial charge in [0.25, 0.3) is 0 Å². The molecule has 0 saturated carbocycles. The van der Waals surface area contributed by atoms with Crippen LogP contribution in [0.25, 0.3) is 11.1 Å². The molecule has 0 unspecified atom stereocenters. The lowest BCUT2D eigenvalue weighted by Gasteiger charge is -2.28. The van der Waals surface area contributed by atoms with E-state index >= 15 is 0 Å². The average Bonchev–Trinajstić information content (AvgIpc) is 2.79. The van der Waals surface area contributed by atoms with Gasteiger partial charge in [-0.3, -0.25) is 10.1 Å². The Labute approximate surface area is 202 Å². The van der Waals surface area contributed by atoms with Crippen LogP contribution in [0.2, 0.25) is 0 Å². The lowest BCUT2D eigenvalue weighted by molar-refractivity contribution is -0.161. The first kappa shape index (κ1) is 28.3. The summed E-state index contributed by atoms with van der Waals surface area (Å²) < 4.78 is 65.9. The monoisotopic (exact) mass is 511 g/mol. The quantitative estimate of drug-likeness (QED) is 0.398. The van der Waals surface area contributed by atoms with Crippen molar-refractivity contribution in [1.29, 1.82) is 5.26 Å². The Balaban J connectivity index is 2.29. The van der Waals surface area contributed by atoms with Gasteiger partial charge in [0.1, 0.15) is 12.6 Å². The molecule has 2 aromatic rings. The summed E-state index contributed by atoms with van der Waals surface area (Å²) in [6.07, 6.45) is -4.54. The highest BCUT2D eigenvalue weighted by molar-refractivity contribution is 7.91. The number of aliphatic hydroxyl groups is 1. The van der Waals surface area contributed by atoms with Crippen LogP contribution < -0.4 is 10.6 Å². The SMILES string of the molecule is CC(C)C[C@H](N[C@@H](c1ccc(-c2ccc(S(=O)(=O)CCO)cc2)cc1)C(F)(F)F)C(=O)NCC#N. The molecular weight excluding hydrogens is 483 g/mol. The van der Waals surface area contributed by atoms with Crippen LogP contribution in [-0.4, -0.2) is 50.6 Å². The maximum absolute atomic E-state index is 13.9. The van der Waals surface area contributed by atoms with E-state index in [4.69, 9.17) is 10.4 Å². The summed E-state index contributed by atoms with van der Waals surface area (Å²) in [4.78, 5) is 12.4. The number of nitrogens with zero attached hydrogens (tertiary/aromatic N) is 1. The van der Waals surface area contributed by atoms with E-state index in [0.717, 1.165) is 0 Å². The lowest BCUT2D eigenvalue weighted by Crippen LogP contribution is -2.49. The maximum Gasteiger partial charge on any atom is 0.407 e. The van der Waals surface area contributed by atoms with Gasteiger partial charge in [0.05, 0.1) is 29.4 Å². The first-order valence-corrected chi connectivity index (χ1v) is 12.6. The van der Waals surface area contributed by atoms with Crippen LogP contribution in [0.1, 0.15) is 31.9 Å². The maximum atomic E-state index is 13.9. The topological polar surface area (TPSA) is 119 Å². The third-order valence-corrected chi connectivity index (χ3v) is 6.92. The van der Waals surface area contributed by atoms with Crippen LogP contribution in [0.4, 0.5) is 13.2 Å². The van der Waals surface area contributed by atoms with E-state index in [1.54, 1.807) is 19.9 Å². The van der Waals surface area contributed by atoms with Crippen molar-refractivity contribution in [1.82, 2.24) is 10.6 Å². The first-order chi connectivity index (χ1) is 16.4. The number of nitriles is 1. The molecule has 2 aromatic carbocycles. The molecule has 0 saturated heterocycles. The van der Waals surface area contributed by atoms with Crippen LogP contribution in [0.15, 0.2) is 53.4 Å². The minimum Gasteiger partial charge on any atom is -0.395 e. The fourth-order valence-electron chi connectivity index (χ4n) is 3.51. The fraction of sp³-hybridized carbons (Fsp3) is 0.417. The van der Waals surface area contributed by atoms with Crippen molar-refractivity contribution in [2.24, 2.45) is 5.92 Å². The molecule has 11 heteroatoms. The predicted octanol–water partition coefficient (Wildman–Crippen LogP) is 3.37. The highest BCUT2D eigenvalue weighted by atomic mass is 32.2. The molecule has 0 radical (unpaired) electrons. The van der Waals surface area contributed by atoms with Gasteiger partial charge in [-0.05, 0) is 41.2 Å². The zero-order chi connectivity index (χ0) is 26.2. The summed E-state index contributed by atoms with van der Waals surface area (Å²) >= 11 is 0. The second-order valence-corrected chi connectivity index (χ2v) is 10.5. The fourth-order valence-corrected chi connectivity index (χ4v) is 4.54. The van der Waals surface area contributed by atoms with Gasteiger partial charge in [-0.1, -0.05) is 50.2 Å². The molecule has 0 bridgehead atoms. The number of amides is 1. The van der Waals surface area contributed by atoms with Gasteiger partial charge in [-0.2, -0.15) is 18.4 Å².